The van der Waals surface area contributed by atoms with Crippen LogP contribution in [0.5, 0.6) is 0 Å². The van der Waals surface area contributed by atoms with Crippen molar-refractivity contribution in [3.63, 3.8) is 0 Å². The summed E-state index contributed by atoms with van der Waals surface area (Å²) in [6, 6.07) is 3.52. The Hall–Kier alpha value is -2.08. The third-order valence-corrected chi connectivity index (χ3v) is 3.52. The van der Waals surface area contributed by atoms with Gasteiger partial charge in [-0.05, 0) is 37.9 Å². The SMILES string of the molecule is Cc1cc(NC(=O)C2CC2c2nccc(C)n2)nc(Cl)n1. The van der Waals surface area contributed by atoms with Crippen LogP contribution in [-0.2, 0) is 4.79 Å². The smallest absolute Gasteiger partial charge is 0.229 e. The van der Waals surface area contributed by atoms with Gasteiger partial charge in [0.25, 0.3) is 0 Å². The maximum absolute atomic E-state index is 12.2. The Balaban J connectivity index is 1.68. The Labute approximate surface area is 127 Å². The average Bonchev–Trinajstić information content (AvgIpc) is 3.17. The summed E-state index contributed by atoms with van der Waals surface area (Å²) in [4.78, 5) is 28.7. The fraction of sp³-hybridized carbons (Fsp3) is 0.357. The van der Waals surface area contributed by atoms with Crippen LogP contribution in [0.2, 0.25) is 5.28 Å². The number of aryl methyl sites for hydroxylation is 2. The lowest BCUT2D eigenvalue weighted by atomic mass is 10.2. The third-order valence-electron chi connectivity index (χ3n) is 3.35. The first kappa shape index (κ1) is 13.9. The van der Waals surface area contributed by atoms with Gasteiger partial charge < -0.3 is 5.32 Å². The molecule has 3 rings (SSSR count). The van der Waals surface area contributed by atoms with Gasteiger partial charge in [-0.2, -0.15) is 0 Å². The van der Waals surface area contributed by atoms with Gasteiger partial charge in [-0.25, -0.2) is 19.9 Å². The van der Waals surface area contributed by atoms with Gasteiger partial charge >= 0.3 is 0 Å². The molecule has 7 heteroatoms. The van der Waals surface area contributed by atoms with Gasteiger partial charge in [0.15, 0.2) is 0 Å². The summed E-state index contributed by atoms with van der Waals surface area (Å²) >= 11 is 5.78. The van der Waals surface area contributed by atoms with E-state index in [2.05, 4.69) is 25.3 Å². The number of amides is 1. The van der Waals surface area contributed by atoms with Crippen LogP contribution in [0.15, 0.2) is 18.3 Å². The summed E-state index contributed by atoms with van der Waals surface area (Å²) in [6.45, 7) is 3.71. The zero-order valence-electron chi connectivity index (χ0n) is 11.7. The monoisotopic (exact) mass is 303 g/mol. The third kappa shape index (κ3) is 3.16. The lowest BCUT2D eigenvalue weighted by Crippen LogP contribution is -2.16. The molecule has 1 saturated carbocycles. The predicted octanol–water partition coefficient (Wildman–Crippen LogP) is 2.28. The van der Waals surface area contributed by atoms with Crippen molar-refractivity contribution in [2.45, 2.75) is 26.2 Å². The zero-order valence-corrected chi connectivity index (χ0v) is 12.4. The van der Waals surface area contributed by atoms with Gasteiger partial charge in [0.2, 0.25) is 11.2 Å². The molecule has 0 saturated heterocycles. The van der Waals surface area contributed by atoms with E-state index in [4.69, 9.17) is 11.6 Å². The van der Waals surface area contributed by atoms with Gasteiger partial charge in [-0.15, -0.1) is 0 Å². The molecule has 2 aromatic heterocycles. The van der Waals surface area contributed by atoms with Crippen molar-refractivity contribution in [1.29, 1.82) is 0 Å². The lowest BCUT2D eigenvalue weighted by molar-refractivity contribution is -0.117. The molecular formula is C14H14ClN5O. The molecule has 108 valence electrons. The van der Waals surface area contributed by atoms with Crippen molar-refractivity contribution in [3.8, 4) is 0 Å². The number of nitrogens with one attached hydrogen (secondary N) is 1. The van der Waals surface area contributed by atoms with Crippen molar-refractivity contribution in [2.24, 2.45) is 5.92 Å². The number of aromatic nitrogens is 4. The van der Waals surface area contributed by atoms with Crippen LogP contribution >= 0.6 is 11.6 Å². The molecule has 0 bridgehead atoms. The summed E-state index contributed by atoms with van der Waals surface area (Å²) in [7, 11) is 0. The topological polar surface area (TPSA) is 80.7 Å². The van der Waals surface area contributed by atoms with Gasteiger partial charge in [-0.1, -0.05) is 0 Å². The second kappa shape index (κ2) is 5.37. The van der Waals surface area contributed by atoms with E-state index in [9.17, 15) is 4.79 Å². The summed E-state index contributed by atoms with van der Waals surface area (Å²) in [5.41, 5.74) is 1.61. The molecule has 1 N–H and O–H groups in total. The van der Waals surface area contributed by atoms with E-state index in [-0.39, 0.29) is 23.0 Å². The maximum Gasteiger partial charge on any atom is 0.229 e. The molecule has 0 aromatic carbocycles. The van der Waals surface area contributed by atoms with Crippen molar-refractivity contribution < 1.29 is 4.79 Å². The lowest BCUT2D eigenvalue weighted by Gasteiger charge is -2.05. The summed E-state index contributed by atoms with van der Waals surface area (Å²) < 4.78 is 0. The summed E-state index contributed by atoms with van der Waals surface area (Å²) in [5, 5.41) is 2.89. The molecule has 1 aliphatic rings. The molecule has 2 aromatic rings. The molecule has 0 spiro atoms. The fourth-order valence-electron chi connectivity index (χ4n) is 2.23. The molecule has 0 radical (unpaired) electrons. The number of hydrogen-bond acceptors (Lipinski definition) is 5. The van der Waals surface area contributed by atoms with Crippen LogP contribution in [0.25, 0.3) is 0 Å². The van der Waals surface area contributed by atoms with E-state index < -0.39 is 0 Å². The van der Waals surface area contributed by atoms with E-state index in [1.165, 1.54) is 0 Å². The van der Waals surface area contributed by atoms with Crippen LogP contribution < -0.4 is 5.32 Å². The first-order valence-electron chi connectivity index (χ1n) is 6.64. The van der Waals surface area contributed by atoms with E-state index in [0.29, 0.717) is 11.5 Å². The standard InChI is InChI=1S/C14H14ClN5O/c1-7-3-4-16-12(17-7)9-6-10(9)13(21)19-11-5-8(2)18-14(15)20-11/h3-5,9-10H,6H2,1-2H3,(H,18,19,20,21). The van der Waals surface area contributed by atoms with Crippen LogP contribution in [0, 0.1) is 19.8 Å². The number of halogens is 1. The molecule has 1 amide bonds. The average molecular weight is 304 g/mol. The Kier molecular flexibility index (Phi) is 3.55. The van der Waals surface area contributed by atoms with Gasteiger partial charge in [0.05, 0.1) is 0 Å². The molecule has 6 nitrogen and oxygen atoms in total. The molecule has 21 heavy (non-hydrogen) atoms. The summed E-state index contributed by atoms with van der Waals surface area (Å²) in [6.07, 6.45) is 2.48. The number of hydrogen-bond donors (Lipinski definition) is 1. The van der Waals surface area contributed by atoms with Crippen LogP contribution in [0.4, 0.5) is 5.82 Å². The molecule has 0 aliphatic heterocycles. The molecule has 2 heterocycles. The predicted molar refractivity (Wildman–Crippen MR) is 78.0 cm³/mol. The minimum Gasteiger partial charge on any atom is -0.310 e. The van der Waals surface area contributed by atoms with Gasteiger partial charge in [0, 0.05) is 35.5 Å². The minimum absolute atomic E-state index is 0.0840. The number of anilines is 1. The molecule has 1 aliphatic carbocycles. The van der Waals surface area contributed by atoms with Crippen LogP contribution in [0.1, 0.15) is 29.6 Å². The highest BCUT2D eigenvalue weighted by Gasteiger charge is 2.46. The largest absolute Gasteiger partial charge is 0.310 e. The quantitative estimate of drug-likeness (QED) is 0.880. The molecule has 2 atom stereocenters. The Morgan fingerprint density at radius 1 is 1.29 bits per heavy atom. The highest BCUT2D eigenvalue weighted by molar-refractivity contribution is 6.28. The second-order valence-electron chi connectivity index (χ2n) is 5.16. The molecular weight excluding hydrogens is 290 g/mol. The Bertz CT molecular complexity index is 685. The second-order valence-corrected chi connectivity index (χ2v) is 5.50. The minimum atomic E-state index is -0.110. The van der Waals surface area contributed by atoms with Crippen LogP contribution in [-0.4, -0.2) is 25.8 Å². The van der Waals surface area contributed by atoms with Gasteiger partial charge in [0.1, 0.15) is 11.6 Å². The Morgan fingerprint density at radius 3 is 2.81 bits per heavy atom. The highest BCUT2D eigenvalue weighted by atomic mass is 35.5. The highest BCUT2D eigenvalue weighted by Crippen LogP contribution is 2.46. The van der Waals surface area contributed by atoms with Gasteiger partial charge in [-0.3, -0.25) is 4.79 Å². The number of nitrogens with zero attached hydrogens (tertiary/aromatic N) is 4. The van der Waals surface area contributed by atoms with Crippen molar-refractivity contribution >= 4 is 23.3 Å². The maximum atomic E-state index is 12.2. The van der Waals surface area contributed by atoms with Crippen molar-refractivity contribution in [3.05, 3.63) is 40.8 Å². The van der Waals surface area contributed by atoms with Crippen molar-refractivity contribution in [2.75, 3.05) is 5.32 Å². The number of rotatable bonds is 3. The van der Waals surface area contributed by atoms with Crippen LogP contribution in [0.3, 0.4) is 0 Å². The number of carbonyl (C=O) groups is 1. The first-order chi connectivity index (χ1) is 10.0. The van der Waals surface area contributed by atoms with E-state index in [1.54, 1.807) is 19.2 Å². The van der Waals surface area contributed by atoms with Crippen molar-refractivity contribution in [1.82, 2.24) is 19.9 Å². The first-order valence-corrected chi connectivity index (χ1v) is 7.02. The van der Waals surface area contributed by atoms with E-state index in [1.807, 2.05) is 13.0 Å². The van der Waals surface area contributed by atoms with E-state index >= 15 is 0 Å². The zero-order chi connectivity index (χ0) is 15.0. The number of carbonyl (C=O) groups excluding carboxylic acids is 1. The normalized spacial score (nSPS) is 20.1. The molecule has 1 fully saturated rings. The Morgan fingerprint density at radius 2 is 2.10 bits per heavy atom. The fourth-order valence-corrected chi connectivity index (χ4v) is 2.46. The summed E-state index contributed by atoms with van der Waals surface area (Å²) in [5.74, 6) is 1.05. The molecule has 2 unspecified atom stereocenters. The van der Waals surface area contributed by atoms with E-state index in [0.717, 1.165) is 17.9 Å².